The van der Waals surface area contributed by atoms with Crippen molar-refractivity contribution in [2.45, 2.75) is 39.2 Å². The van der Waals surface area contributed by atoms with Crippen LogP contribution < -0.4 is 5.32 Å². The highest BCUT2D eigenvalue weighted by Crippen LogP contribution is 2.37. The zero-order valence-corrected chi connectivity index (χ0v) is 15.7. The van der Waals surface area contributed by atoms with E-state index in [-0.39, 0.29) is 5.54 Å². The second-order valence-electron chi connectivity index (χ2n) is 5.51. The van der Waals surface area contributed by atoms with Crippen molar-refractivity contribution in [3.63, 3.8) is 0 Å². The highest BCUT2D eigenvalue weighted by molar-refractivity contribution is 9.13. The number of thiophene rings is 1. The Kier molecular flexibility index (Phi) is 5.39. The summed E-state index contributed by atoms with van der Waals surface area (Å²) < 4.78 is 7.72. The molecule has 2 heterocycles. The van der Waals surface area contributed by atoms with Crippen LogP contribution in [0.25, 0.3) is 10.8 Å². The van der Waals surface area contributed by atoms with Crippen LogP contribution >= 0.6 is 43.2 Å². The minimum atomic E-state index is 0.148. The average Bonchev–Trinajstić information content (AvgIpc) is 2.92. The highest BCUT2D eigenvalue weighted by Gasteiger charge is 2.13. The van der Waals surface area contributed by atoms with Gasteiger partial charge < -0.3 is 9.73 Å². The summed E-state index contributed by atoms with van der Waals surface area (Å²) in [6.45, 7) is 7.41. The first-order valence-corrected chi connectivity index (χ1v) is 8.78. The number of hydrogen-bond donors (Lipinski definition) is 1. The molecule has 0 bridgehead atoms. The third-order valence-electron chi connectivity index (χ3n) is 2.55. The topological polar surface area (TPSA) is 51.0 Å². The summed E-state index contributed by atoms with van der Waals surface area (Å²) in [6.07, 6.45) is 1.78. The van der Waals surface area contributed by atoms with Crippen molar-refractivity contribution in [3.8, 4) is 10.8 Å². The third kappa shape index (κ3) is 4.65. The Morgan fingerprint density at radius 3 is 2.65 bits per heavy atom. The molecule has 0 amide bonds. The van der Waals surface area contributed by atoms with Gasteiger partial charge in [-0.3, -0.25) is 0 Å². The Bertz CT molecular complexity index is 555. The molecule has 2 aromatic heterocycles. The van der Waals surface area contributed by atoms with Gasteiger partial charge in [-0.05, 0) is 71.7 Å². The summed E-state index contributed by atoms with van der Waals surface area (Å²) in [5.74, 6) is 1.27. The van der Waals surface area contributed by atoms with Gasteiger partial charge in [-0.2, -0.15) is 0 Å². The number of aromatic nitrogens is 2. The molecule has 2 rings (SSSR count). The highest BCUT2D eigenvalue weighted by atomic mass is 79.9. The molecule has 20 heavy (non-hydrogen) atoms. The quantitative estimate of drug-likeness (QED) is 0.712. The second kappa shape index (κ2) is 6.68. The van der Waals surface area contributed by atoms with Gasteiger partial charge in [-0.1, -0.05) is 0 Å². The Balaban J connectivity index is 1.89. The standard InChI is InChI=1S/C13H17Br2N3OS/c1-13(2,3)16-6-4-5-10-17-18-12(19-10)9-7-8(14)11(15)20-9/h7,16H,4-6H2,1-3H3. The van der Waals surface area contributed by atoms with E-state index >= 15 is 0 Å². The molecule has 1 N–H and O–H groups in total. The average molecular weight is 423 g/mol. The fraction of sp³-hybridized carbons (Fsp3) is 0.538. The fourth-order valence-electron chi connectivity index (χ4n) is 1.61. The van der Waals surface area contributed by atoms with Crippen molar-refractivity contribution in [2.24, 2.45) is 0 Å². The molecule has 0 unspecified atom stereocenters. The van der Waals surface area contributed by atoms with Crippen LogP contribution in [-0.2, 0) is 6.42 Å². The predicted molar refractivity (Wildman–Crippen MR) is 89.1 cm³/mol. The van der Waals surface area contributed by atoms with Gasteiger partial charge in [-0.25, -0.2) is 0 Å². The van der Waals surface area contributed by atoms with Crippen LogP contribution in [0.4, 0.5) is 0 Å². The summed E-state index contributed by atoms with van der Waals surface area (Å²) >= 11 is 8.49. The zero-order chi connectivity index (χ0) is 14.8. The number of nitrogens with zero attached hydrogens (tertiary/aromatic N) is 2. The normalized spacial score (nSPS) is 12.1. The van der Waals surface area contributed by atoms with Crippen LogP contribution in [-0.4, -0.2) is 22.3 Å². The van der Waals surface area contributed by atoms with Crippen LogP contribution in [0.15, 0.2) is 18.7 Å². The lowest BCUT2D eigenvalue weighted by atomic mass is 10.1. The molecule has 4 nitrogen and oxygen atoms in total. The number of aryl methyl sites for hydroxylation is 1. The van der Waals surface area contributed by atoms with E-state index < -0.39 is 0 Å². The van der Waals surface area contributed by atoms with Crippen LogP contribution in [0, 0.1) is 0 Å². The van der Waals surface area contributed by atoms with E-state index in [1.807, 2.05) is 6.07 Å². The van der Waals surface area contributed by atoms with Crippen LogP contribution in [0.1, 0.15) is 33.1 Å². The first-order valence-electron chi connectivity index (χ1n) is 6.38. The van der Waals surface area contributed by atoms with Gasteiger partial charge in [0.25, 0.3) is 5.89 Å². The molecule has 0 saturated carbocycles. The van der Waals surface area contributed by atoms with Crippen molar-refractivity contribution >= 4 is 43.2 Å². The molecule has 0 aliphatic carbocycles. The van der Waals surface area contributed by atoms with Gasteiger partial charge >= 0.3 is 0 Å². The molecule has 2 aromatic rings. The summed E-state index contributed by atoms with van der Waals surface area (Å²) in [4.78, 5) is 0.968. The summed E-state index contributed by atoms with van der Waals surface area (Å²) in [7, 11) is 0. The van der Waals surface area contributed by atoms with Gasteiger partial charge in [-0.15, -0.1) is 21.5 Å². The fourth-order valence-corrected chi connectivity index (χ4v) is 3.57. The number of halogens is 2. The molecular weight excluding hydrogens is 406 g/mol. The molecule has 0 saturated heterocycles. The Morgan fingerprint density at radius 1 is 1.30 bits per heavy atom. The first-order chi connectivity index (χ1) is 9.35. The molecule has 0 atom stereocenters. The lowest BCUT2D eigenvalue weighted by Crippen LogP contribution is -2.36. The number of hydrogen-bond acceptors (Lipinski definition) is 5. The van der Waals surface area contributed by atoms with Crippen molar-refractivity contribution in [1.29, 1.82) is 0 Å². The van der Waals surface area contributed by atoms with E-state index in [4.69, 9.17) is 4.42 Å². The van der Waals surface area contributed by atoms with E-state index in [2.05, 4.69) is 68.1 Å². The monoisotopic (exact) mass is 421 g/mol. The van der Waals surface area contributed by atoms with Crippen LogP contribution in [0.2, 0.25) is 0 Å². The summed E-state index contributed by atoms with van der Waals surface area (Å²) in [5, 5.41) is 11.6. The maximum atomic E-state index is 5.69. The number of nitrogens with one attached hydrogen (secondary N) is 1. The molecule has 0 aromatic carbocycles. The van der Waals surface area contributed by atoms with Gasteiger partial charge in [0, 0.05) is 16.4 Å². The van der Waals surface area contributed by atoms with Gasteiger partial charge in [0.1, 0.15) is 0 Å². The molecular formula is C13H17Br2N3OS. The smallest absolute Gasteiger partial charge is 0.257 e. The largest absolute Gasteiger partial charge is 0.420 e. The first kappa shape index (κ1) is 16.1. The van der Waals surface area contributed by atoms with Crippen molar-refractivity contribution in [2.75, 3.05) is 6.54 Å². The van der Waals surface area contributed by atoms with Crippen LogP contribution in [0.3, 0.4) is 0 Å². The predicted octanol–water partition coefficient (Wildman–Crippen LogP) is 4.64. The van der Waals surface area contributed by atoms with Crippen LogP contribution in [0.5, 0.6) is 0 Å². The van der Waals surface area contributed by atoms with E-state index in [0.29, 0.717) is 11.8 Å². The minimum Gasteiger partial charge on any atom is -0.420 e. The molecule has 0 aliphatic rings. The van der Waals surface area contributed by atoms with E-state index in [1.54, 1.807) is 11.3 Å². The number of rotatable bonds is 5. The Labute approximate surface area is 139 Å². The molecule has 110 valence electrons. The van der Waals surface area contributed by atoms with Gasteiger partial charge in [0.05, 0.1) is 8.66 Å². The van der Waals surface area contributed by atoms with E-state index in [1.165, 1.54) is 0 Å². The third-order valence-corrected chi connectivity index (χ3v) is 5.79. The second-order valence-corrected chi connectivity index (χ2v) is 8.74. The Morgan fingerprint density at radius 2 is 2.05 bits per heavy atom. The Hall–Kier alpha value is -0.240. The molecule has 7 heteroatoms. The van der Waals surface area contributed by atoms with Gasteiger partial charge in [0.2, 0.25) is 5.89 Å². The molecule has 0 aliphatic heterocycles. The van der Waals surface area contributed by atoms with Crippen molar-refractivity contribution < 1.29 is 4.42 Å². The van der Waals surface area contributed by atoms with Crippen molar-refractivity contribution in [1.82, 2.24) is 15.5 Å². The molecule has 0 spiro atoms. The zero-order valence-electron chi connectivity index (χ0n) is 11.7. The van der Waals surface area contributed by atoms with Crippen molar-refractivity contribution in [3.05, 3.63) is 20.2 Å². The minimum absolute atomic E-state index is 0.148. The summed E-state index contributed by atoms with van der Waals surface area (Å²) in [5.41, 5.74) is 0.148. The lowest BCUT2D eigenvalue weighted by Gasteiger charge is -2.19. The van der Waals surface area contributed by atoms with Gasteiger partial charge in [0.15, 0.2) is 0 Å². The van der Waals surface area contributed by atoms with E-state index in [9.17, 15) is 0 Å². The SMILES string of the molecule is CC(C)(C)NCCCc1nnc(-c2cc(Br)c(Br)s2)o1. The maximum Gasteiger partial charge on any atom is 0.257 e. The lowest BCUT2D eigenvalue weighted by molar-refractivity contribution is 0.413. The molecule has 0 fully saturated rings. The maximum absolute atomic E-state index is 5.69. The molecule has 0 radical (unpaired) electrons. The summed E-state index contributed by atoms with van der Waals surface area (Å²) in [6, 6.07) is 1.98. The van der Waals surface area contributed by atoms with E-state index in [0.717, 1.165) is 32.5 Å².